The molecule has 2 aromatic rings. The minimum absolute atomic E-state index is 0.0862. The van der Waals surface area contributed by atoms with Crippen molar-refractivity contribution in [2.45, 2.75) is 0 Å². The number of nitrogens with zero attached hydrogens (tertiary/aromatic N) is 1. The van der Waals surface area contributed by atoms with Crippen molar-refractivity contribution in [2.75, 3.05) is 0 Å². The zero-order valence-corrected chi connectivity index (χ0v) is 10.4. The molecule has 0 aliphatic rings. The van der Waals surface area contributed by atoms with Crippen molar-refractivity contribution in [3.05, 3.63) is 58.6 Å². The first-order valence-electron chi connectivity index (χ1n) is 5.31. The fourth-order valence-corrected chi connectivity index (χ4v) is 1.69. The van der Waals surface area contributed by atoms with Gasteiger partial charge in [-0.3, -0.25) is 0 Å². The molecule has 0 saturated heterocycles. The molecule has 2 rings (SSSR count). The summed E-state index contributed by atoms with van der Waals surface area (Å²) in [6, 6.07) is 12.8. The lowest BCUT2D eigenvalue weighted by Gasteiger charge is -2.08. The summed E-state index contributed by atoms with van der Waals surface area (Å²) in [5.41, 5.74) is 0.555. The maximum atomic E-state index is 10.8. The number of hydrogen-bond donors (Lipinski definition) is 1. The second-order valence-corrected chi connectivity index (χ2v) is 4.10. The molecule has 0 atom stereocenters. The van der Waals surface area contributed by atoms with Gasteiger partial charge in [0.2, 0.25) is 0 Å². The molecule has 4 nitrogen and oxygen atoms in total. The molecule has 0 heterocycles. The van der Waals surface area contributed by atoms with Crippen LogP contribution in [-0.4, -0.2) is 11.1 Å². The number of carbonyl (C=O) groups is 1. The van der Waals surface area contributed by atoms with Crippen LogP contribution >= 0.6 is 11.6 Å². The van der Waals surface area contributed by atoms with Crippen LogP contribution in [0.1, 0.15) is 15.9 Å². The van der Waals surface area contributed by atoms with Crippen molar-refractivity contribution in [1.82, 2.24) is 0 Å². The molecule has 0 aliphatic carbocycles. The van der Waals surface area contributed by atoms with Crippen LogP contribution in [-0.2, 0) is 0 Å². The molecule has 5 heteroatoms. The minimum Gasteiger partial charge on any atom is -0.478 e. The highest BCUT2D eigenvalue weighted by molar-refractivity contribution is 6.32. The molecule has 19 heavy (non-hydrogen) atoms. The van der Waals surface area contributed by atoms with Gasteiger partial charge >= 0.3 is 5.97 Å². The standard InChI is InChI=1S/C14H8ClNO3/c15-12-7-10(14(17)18)4-5-13(12)19-11-3-1-2-9(6-11)8-16/h1-7H,(H,17,18). The molecule has 0 aliphatic heterocycles. The van der Waals surface area contributed by atoms with Crippen LogP contribution < -0.4 is 4.74 Å². The van der Waals surface area contributed by atoms with Gasteiger partial charge < -0.3 is 9.84 Å². The zero-order chi connectivity index (χ0) is 13.8. The number of halogens is 1. The SMILES string of the molecule is N#Cc1cccc(Oc2ccc(C(=O)O)cc2Cl)c1. The van der Waals surface area contributed by atoms with Gasteiger partial charge in [-0.1, -0.05) is 17.7 Å². The van der Waals surface area contributed by atoms with E-state index in [4.69, 9.17) is 26.7 Å². The van der Waals surface area contributed by atoms with Gasteiger partial charge in [-0.2, -0.15) is 5.26 Å². The average Bonchev–Trinajstić information content (AvgIpc) is 2.41. The molecular weight excluding hydrogens is 266 g/mol. The van der Waals surface area contributed by atoms with E-state index in [1.807, 2.05) is 6.07 Å². The Morgan fingerprint density at radius 1 is 1.26 bits per heavy atom. The molecule has 0 spiro atoms. The molecule has 0 saturated carbocycles. The van der Waals surface area contributed by atoms with E-state index >= 15 is 0 Å². The molecule has 0 amide bonds. The van der Waals surface area contributed by atoms with Gasteiger partial charge in [-0.15, -0.1) is 0 Å². The Hall–Kier alpha value is -2.51. The van der Waals surface area contributed by atoms with Crippen LogP contribution in [0.25, 0.3) is 0 Å². The summed E-state index contributed by atoms with van der Waals surface area (Å²) in [6.45, 7) is 0. The number of ether oxygens (including phenoxy) is 1. The van der Waals surface area contributed by atoms with E-state index in [1.165, 1.54) is 18.2 Å². The maximum absolute atomic E-state index is 10.8. The number of carboxylic acids is 1. The molecular formula is C14H8ClNO3. The third-order valence-electron chi connectivity index (χ3n) is 2.37. The fourth-order valence-electron chi connectivity index (χ4n) is 1.47. The van der Waals surface area contributed by atoms with Crippen molar-refractivity contribution in [3.63, 3.8) is 0 Å². The molecule has 0 radical (unpaired) electrons. The molecule has 2 aromatic carbocycles. The van der Waals surface area contributed by atoms with Gasteiger partial charge in [0, 0.05) is 0 Å². The minimum atomic E-state index is -1.06. The first kappa shape index (κ1) is 12.9. The number of rotatable bonds is 3. The van der Waals surface area contributed by atoms with Crippen LogP contribution in [0.2, 0.25) is 5.02 Å². The van der Waals surface area contributed by atoms with Crippen molar-refractivity contribution in [3.8, 4) is 17.6 Å². The number of hydrogen-bond acceptors (Lipinski definition) is 3. The zero-order valence-electron chi connectivity index (χ0n) is 9.63. The smallest absolute Gasteiger partial charge is 0.335 e. The van der Waals surface area contributed by atoms with Gasteiger partial charge in [-0.05, 0) is 36.4 Å². The quantitative estimate of drug-likeness (QED) is 0.925. The summed E-state index contributed by atoms with van der Waals surface area (Å²) < 4.78 is 5.51. The first-order chi connectivity index (χ1) is 9.10. The largest absolute Gasteiger partial charge is 0.478 e. The highest BCUT2D eigenvalue weighted by atomic mass is 35.5. The van der Waals surface area contributed by atoms with E-state index in [2.05, 4.69) is 0 Å². The van der Waals surface area contributed by atoms with Crippen LogP contribution in [0.15, 0.2) is 42.5 Å². The Kier molecular flexibility index (Phi) is 3.69. The van der Waals surface area contributed by atoms with Crippen LogP contribution in [0, 0.1) is 11.3 Å². The predicted molar refractivity (Wildman–Crippen MR) is 69.6 cm³/mol. The number of aromatic carboxylic acids is 1. The van der Waals surface area contributed by atoms with Gasteiger partial charge in [0.15, 0.2) is 0 Å². The Morgan fingerprint density at radius 3 is 2.68 bits per heavy atom. The second-order valence-electron chi connectivity index (χ2n) is 3.69. The molecule has 0 aromatic heterocycles. The van der Waals surface area contributed by atoms with Gasteiger partial charge in [-0.25, -0.2) is 4.79 Å². The highest BCUT2D eigenvalue weighted by Gasteiger charge is 2.08. The summed E-state index contributed by atoms with van der Waals surface area (Å²) in [5, 5.41) is 17.8. The number of carboxylic acid groups (broad SMARTS) is 1. The van der Waals surface area contributed by atoms with E-state index in [0.29, 0.717) is 17.1 Å². The summed E-state index contributed by atoms with van der Waals surface area (Å²) >= 11 is 5.94. The van der Waals surface area contributed by atoms with Gasteiger partial charge in [0.05, 0.1) is 22.2 Å². The average molecular weight is 274 g/mol. The van der Waals surface area contributed by atoms with Crippen molar-refractivity contribution >= 4 is 17.6 Å². The van der Waals surface area contributed by atoms with Gasteiger partial charge in [0.1, 0.15) is 11.5 Å². The predicted octanol–water partition coefficient (Wildman–Crippen LogP) is 3.70. The summed E-state index contributed by atoms with van der Waals surface area (Å²) in [7, 11) is 0. The Balaban J connectivity index is 2.28. The molecule has 94 valence electrons. The highest BCUT2D eigenvalue weighted by Crippen LogP contribution is 2.30. The molecule has 0 bridgehead atoms. The summed E-state index contributed by atoms with van der Waals surface area (Å²) in [4.78, 5) is 10.8. The number of nitriles is 1. The van der Waals surface area contributed by atoms with E-state index in [0.717, 1.165) is 0 Å². The fraction of sp³-hybridized carbons (Fsp3) is 0. The topological polar surface area (TPSA) is 70.3 Å². The van der Waals surface area contributed by atoms with Gasteiger partial charge in [0.25, 0.3) is 0 Å². The third kappa shape index (κ3) is 3.03. The van der Waals surface area contributed by atoms with Crippen LogP contribution in [0.4, 0.5) is 0 Å². The van der Waals surface area contributed by atoms with E-state index in [1.54, 1.807) is 24.3 Å². The molecule has 0 unspecified atom stereocenters. The Labute approximate surface area is 114 Å². The monoisotopic (exact) mass is 273 g/mol. The van der Waals surface area contributed by atoms with Crippen LogP contribution in [0.3, 0.4) is 0 Å². The summed E-state index contributed by atoms with van der Waals surface area (Å²) in [6.07, 6.45) is 0. The van der Waals surface area contributed by atoms with Crippen LogP contribution in [0.5, 0.6) is 11.5 Å². The van der Waals surface area contributed by atoms with Crippen molar-refractivity contribution in [1.29, 1.82) is 5.26 Å². The third-order valence-corrected chi connectivity index (χ3v) is 2.67. The first-order valence-corrected chi connectivity index (χ1v) is 5.69. The van der Waals surface area contributed by atoms with Crippen molar-refractivity contribution in [2.24, 2.45) is 0 Å². The van der Waals surface area contributed by atoms with E-state index < -0.39 is 5.97 Å². The van der Waals surface area contributed by atoms with E-state index in [-0.39, 0.29) is 10.6 Å². The van der Waals surface area contributed by atoms with Crippen molar-refractivity contribution < 1.29 is 14.6 Å². The molecule has 0 fully saturated rings. The lowest BCUT2D eigenvalue weighted by atomic mass is 10.2. The number of benzene rings is 2. The Morgan fingerprint density at radius 2 is 2.05 bits per heavy atom. The lowest BCUT2D eigenvalue weighted by Crippen LogP contribution is -1.96. The van der Waals surface area contributed by atoms with E-state index in [9.17, 15) is 4.79 Å². The lowest BCUT2D eigenvalue weighted by molar-refractivity contribution is 0.0697. The maximum Gasteiger partial charge on any atom is 0.335 e. The Bertz CT molecular complexity index is 677. The molecule has 1 N–H and O–H groups in total. The normalized spacial score (nSPS) is 9.68. The summed E-state index contributed by atoms with van der Waals surface area (Å²) in [5.74, 6) is -0.259. The second kappa shape index (κ2) is 5.42.